The standard InChI is InChI=1S/C9H14O/c10-6-5-9-3-1-8(7-9)2-4-9/h6,8H,1-5,7H2. The van der Waals surface area contributed by atoms with Gasteiger partial charge in [0, 0.05) is 6.42 Å². The first-order valence-electron chi connectivity index (χ1n) is 4.28. The molecule has 2 fully saturated rings. The molecule has 1 heteroatoms. The van der Waals surface area contributed by atoms with Crippen LogP contribution < -0.4 is 0 Å². The Balaban J connectivity index is 2.07. The summed E-state index contributed by atoms with van der Waals surface area (Å²) in [5, 5.41) is 0. The lowest BCUT2D eigenvalue weighted by atomic mass is 9.82. The van der Waals surface area contributed by atoms with Gasteiger partial charge < -0.3 is 4.79 Å². The van der Waals surface area contributed by atoms with Crippen LogP contribution in [0.2, 0.25) is 0 Å². The molecule has 0 heterocycles. The van der Waals surface area contributed by atoms with Crippen molar-refractivity contribution in [1.29, 1.82) is 0 Å². The highest BCUT2D eigenvalue weighted by Crippen LogP contribution is 2.55. The Kier molecular flexibility index (Phi) is 1.33. The number of carbonyl (C=O) groups excluding carboxylic acids is 1. The van der Waals surface area contributed by atoms with Crippen LogP contribution in [0.5, 0.6) is 0 Å². The third-order valence-corrected chi connectivity index (χ3v) is 3.40. The molecule has 2 bridgehead atoms. The third-order valence-electron chi connectivity index (χ3n) is 3.40. The van der Waals surface area contributed by atoms with Gasteiger partial charge in [0.25, 0.3) is 0 Å². The predicted molar refractivity (Wildman–Crippen MR) is 39.7 cm³/mol. The maximum Gasteiger partial charge on any atom is 0.120 e. The molecule has 0 atom stereocenters. The molecule has 0 aromatic heterocycles. The zero-order valence-electron chi connectivity index (χ0n) is 6.31. The van der Waals surface area contributed by atoms with Gasteiger partial charge in [0.2, 0.25) is 0 Å². The van der Waals surface area contributed by atoms with E-state index in [1.807, 2.05) is 0 Å². The van der Waals surface area contributed by atoms with Crippen molar-refractivity contribution in [3.05, 3.63) is 0 Å². The number of aldehydes is 1. The van der Waals surface area contributed by atoms with Gasteiger partial charge in [-0.2, -0.15) is 0 Å². The van der Waals surface area contributed by atoms with Crippen molar-refractivity contribution in [3.8, 4) is 0 Å². The van der Waals surface area contributed by atoms with E-state index < -0.39 is 0 Å². The first kappa shape index (κ1) is 6.38. The van der Waals surface area contributed by atoms with Gasteiger partial charge in [-0.1, -0.05) is 0 Å². The Morgan fingerprint density at radius 2 is 2.10 bits per heavy atom. The first-order chi connectivity index (χ1) is 4.85. The van der Waals surface area contributed by atoms with Crippen molar-refractivity contribution >= 4 is 6.29 Å². The van der Waals surface area contributed by atoms with Gasteiger partial charge in [-0.05, 0) is 43.4 Å². The molecule has 2 rings (SSSR count). The van der Waals surface area contributed by atoms with Gasteiger partial charge in [-0.15, -0.1) is 0 Å². The van der Waals surface area contributed by atoms with E-state index in [0.29, 0.717) is 5.41 Å². The molecule has 0 aromatic carbocycles. The van der Waals surface area contributed by atoms with Crippen LogP contribution >= 0.6 is 0 Å². The van der Waals surface area contributed by atoms with Crippen LogP contribution in [-0.2, 0) is 4.79 Å². The van der Waals surface area contributed by atoms with E-state index in [2.05, 4.69) is 0 Å². The minimum absolute atomic E-state index is 0.492. The van der Waals surface area contributed by atoms with Gasteiger partial charge in [-0.3, -0.25) is 0 Å². The minimum Gasteiger partial charge on any atom is -0.303 e. The van der Waals surface area contributed by atoms with E-state index >= 15 is 0 Å². The fraction of sp³-hybridized carbons (Fsp3) is 0.889. The molecule has 0 radical (unpaired) electrons. The second kappa shape index (κ2) is 2.08. The van der Waals surface area contributed by atoms with E-state index in [0.717, 1.165) is 18.6 Å². The predicted octanol–water partition coefficient (Wildman–Crippen LogP) is 2.16. The summed E-state index contributed by atoms with van der Waals surface area (Å²) in [6, 6.07) is 0. The molecule has 0 saturated heterocycles. The summed E-state index contributed by atoms with van der Waals surface area (Å²) < 4.78 is 0. The summed E-state index contributed by atoms with van der Waals surface area (Å²) in [5.41, 5.74) is 0.492. The van der Waals surface area contributed by atoms with Gasteiger partial charge in [-0.25, -0.2) is 0 Å². The molecular formula is C9H14O. The molecule has 2 aliphatic carbocycles. The Hall–Kier alpha value is -0.330. The highest BCUT2D eigenvalue weighted by molar-refractivity contribution is 5.51. The van der Waals surface area contributed by atoms with Crippen molar-refractivity contribution in [2.45, 2.75) is 38.5 Å². The average molecular weight is 138 g/mol. The van der Waals surface area contributed by atoms with Crippen molar-refractivity contribution in [3.63, 3.8) is 0 Å². The van der Waals surface area contributed by atoms with E-state index in [1.54, 1.807) is 0 Å². The van der Waals surface area contributed by atoms with Crippen molar-refractivity contribution < 1.29 is 4.79 Å². The van der Waals surface area contributed by atoms with Crippen LogP contribution in [0.4, 0.5) is 0 Å². The number of rotatable bonds is 2. The van der Waals surface area contributed by atoms with E-state index in [-0.39, 0.29) is 0 Å². The van der Waals surface area contributed by atoms with E-state index in [9.17, 15) is 4.79 Å². The van der Waals surface area contributed by atoms with Gasteiger partial charge >= 0.3 is 0 Å². The van der Waals surface area contributed by atoms with Crippen LogP contribution in [0.1, 0.15) is 38.5 Å². The average Bonchev–Trinajstić information content (AvgIpc) is 2.46. The number of hydrogen-bond acceptors (Lipinski definition) is 1. The Morgan fingerprint density at radius 1 is 1.40 bits per heavy atom. The SMILES string of the molecule is O=CCC12CCC(CC1)C2. The first-order valence-corrected chi connectivity index (χ1v) is 4.28. The fourth-order valence-corrected chi connectivity index (χ4v) is 2.77. The molecule has 10 heavy (non-hydrogen) atoms. The smallest absolute Gasteiger partial charge is 0.120 e. The highest BCUT2D eigenvalue weighted by Gasteiger charge is 2.43. The van der Waals surface area contributed by atoms with Crippen molar-refractivity contribution in [2.24, 2.45) is 11.3 Å². The van der Waals surface area contributed by atoms with E-state index in [4.69, 9.17) is 0 Å². The molecule has 0 N–H and O–H groups in total. The second-order valence-electron chi connectivity index (χ2n) is 4.02. The molecule has 0 aliphatic heterocycles. The normalized spacial score (nSPS) is 44.2. The van der Waals surface area contributed by atoms with Gasteiger partial charge in [0.1, 0.15) is 6.29 Å². The van der Waals surface area contributed by atoms with E-state index in [1.165, 1.54) is 32.1 Å². The zero-order chi connectivity index (χ0) is 7.03. The maximum absolute atomic E-state index is 10.3. The topological polar surface area (TPSA) is 17.1 Å². The lowest BCUT2D eigenvalue weighted by Crippen LogP contribution is -2.13. The molecule has 2 saturated carbocycles. The van der Waals surface area contributed by atoms with Crippen molar-refractivity contribution in [1.82, 2.24) is 0 Å². The quantitative estimate of drug-likeness (QED) is 0.534. The molecule has 2 aliphatic rings. The minimum atomic E-state index is 0.492. The number of carbonyl (C=O) groups is 1. The maximum atomic E-state index is 10.3. The van der Waals surface area contributed by atoms with Crippen LogP contribution in [0, 0.1) is 11.3 Å². The molecule has 0 aromatic rings. The fourth-order valence-electron chi connectivity index (χ4n) is 2.77. The summed E-state index contributed by atoms with van der Waals surface area (Å²) in [7, 11) is 0. The Bertz CT molecular complexity index is 143. The van der Waals surface area contributed by atoms with Crippen LogP contribution in [0.3, 0.4) is 0 Å². The zero-order valence-corrected chi connectivity index (χ0v) is 6.31. The molecule has 1 nitrogen and oxygen atoms in total. The summed E-state index contributed by atoms with van der Waals surface area (Å²) >= 11 is 0. The van der Waals surface area contributed by atoms with Crippen LogP contribution in [0.25, 0.3) is 0 Å². The van der Waals surface area contributed by atoms with Crippen LogP contribution in [-0.4, -0.2) is 6.29 Å². The molecule has 0 spiro atoms. The summed E-state index contributed by atoms with van der Waals surface area (Å²) in [4.78, 5) is 10.3. The van der Waals surface area contributed by atoms with Gasteiger partial charge in [0.15, 0.2) is 0 Å². The van der Waals surface area contributed by atoms with Crippen molar-refractivity contribution in [2.75, 3.05) is 0 Å². The number of hydrogen-bond donors (Lipinski definition) is 0. The second-order valence-corrected chi connectivity index (χ2v) is 4.02. The number of fused-ring (bicyclic) bond motifs is 2. The third kappa shape index (κ3) is 0.799. The molecule has 0 unspecified atom stereocenters. The summed E-state index contributed by atoms with van der Waals surface area (Å²) in [5.74, 6) is 0.986. The molecular weight excluding hydrogens is 124 g/mol. The molecule has 56 valence electrons. The largest absolute Gasteiger partial charge is 0.303 e. The lowest BCUT2D eigenvalue weighted by Gasteiger charge is -2.22. The Morgan fingerprint density at radius 3 is 2.50 bits per heavy atom. The highest BCUT2D eigenvalue weighted by atomic mass is 16.1. The monoisotopic (exact) mass is 138 g/mol. The van der Waals surface area contributed by atoms with Crippen LogP contribution in [0.15, 0.2) is 0 Å². The molecule has 0 amide bonds. The lowest BCUT2D eigenvalue weighted by molar-refractivity contribution is -0.109. The summed E-state index contributed by atoms with van der Waals surface area (Å²) in [6.07, 6.45) is 8.76. The van der Waals surface area contributed by atoms with Gasteiger partial charge in [0.05, 0.1) is 0 Å². The summed E-state index contributed by atoms with van der Waals surface area (Å²) in [6.45, 7) is 0. The Labute approximate surface area is 61.8 Å².